The maximum absolute atomic E-state index is 13.3. The Balaban J connectivity index is 2.10. The van der Waals surface area contributed by atoms with E-state index in [2.05, 4.69) is 12.2 Å². The molecule has 1 aromatic heterocycles. The van der Waals surface area contributed by atoms with Crippen LogP contribution in [-0.4, -0.2) is 58.5 Å². The van der Waals surface area contributed by atoms with E-state index in [9.17, 15) is 14.4 Å². The first kappa shape index (κ1) is 27.0. The average molecular weight is 471 g/mol. The van der Waals surface area contributed by atoms with Crippen LogP contribution < -0.4 is 5.32 Å². The third-order valence-corrected chi connectivity index (χ3v) is 5.38. The Bertz CT molecular complexity index is 937. The normalized spacial score (nSPS) is 10.8. The van der Waals surface area contributed by atoms with Gasteiger partial charge in [0.2, 0.25) is 5.91 Å². The number of esters is 1. The van der Waals surface area contributed by atoms with E-state index in [4.69, 9.17) is 4.74 Å². The number of unbranched alkanes of at least 4 members (excludes halogenated alkanes) is 1. The van der Waals surface area contributed by atoms with Crippen LogP contribution in [0.15, 0.2) is 42.6 Å². The van der Waals surface area contributed by atoms with E-state index in [0.29, 0.717) is 37.5 Å². The number of carbonyl (C=O) groups excluding carboxylic acids is 3. The van der Waals surface area contributed by atoms with Crippen molar-refractivity contribution in [3.05, 3.63) is 53.9 Å². The Kier molecular flexibility index (Phi) is 10.6. The molecule has 1 heterocycles. The fourth-order valence-corrected chi connectivity index (χ4v) is 3.53. The van der Waals surface area contributed by atoms with E-state index < -0.39 is 5.97 Å². The highest BCUT2D eigenvalue weighted by Gasteiger charge is 2.23. The molecule has 1 aromatic carbocycles. The van der Waals surface area contributed by atoms with Crippen LogP contribution in [0, 0.1) is 5.92 Å². The monoisotopic (exact) mass is 470 g/mol. The molecule has 34 heavy (non-hydrogen) atoms. The molecule has 186 valence electrons. The number of benzene rings is 1. The lowest BCUT2D eigenvalue weighted by molar-refractivity contribution is -0.132. The van der Waals surface area contributed by atoms with Gasteiger partial charge in [-0.15, -0.1) is 0 Å². The Morgan fingerprint density at radius 3 is 2.32 bits per heavy atom. The number of aryl methyl sites for hydroxylation is 1. The molecule has 0 aliphatic heterocycles. The van der Waals surface area contributed by atoms with Crippen molar-refractivity contribution in [3.63, 3.8) is 0 Å². The van der Waals surface area contributed by atoms with Crippen LogP contribution in [0.25, 0.3) is 0 Å². The van der Waals surface area contributed by atoms with Gasteiger partial charge in [0.1, 0.15) is 6.54 Å². The zero-order valence-electron chi connectivity index (χ0n) is 21.0. The third-order valence-electron chi connectivity index (χ3n) is 5.38. The maximum Gasteiger partial charge on any atom is 0.338 e. The number of ether oxygens (including phenoxy) is 1. The van der Waals surface area contributed by atoms with Crippen LogP contribution in [0.5, 0.6) is 0 Å². The van der Waals surface area contributed by atoms with E-state index in [-0.39, 0.29) is 24.4 Å². The number of aromatic nitrogens is 1. The van der Waals surface area contributed by atoms with Crippen molar-refractivity contribution in [1.29, 1.82) is 0 Å². The van der Waals surface area contributed by atoms with Crippen LogP contribution in [0.4, 0.5) is 10.5 Å². The topological polar surface area (TPSA) is 83.9 Å². The fraction of sp³-hybridized carbons (Fsp3) is 0.500. The van der Waals surface area contributed by atoms with Crippen LogP contribution in [0.3, 0.4) is 0 Å². The SMILES string of the molecule is CCCCN(Cc1cccn1C)C(=O)CN(CC(C)C)C(=O)Nc1ccc(C(=O)OCC)cc1. The van der Waals surface area contributed by atoms with Crippen molar-refractivity contribution in [2.24, 2.45) is 13.0 Å². The Morgan fingerprint density at radius 2 is 1.76 bits per heavy atom. The number of hydrogen-bond acceptors (Lipinski definition) is 4. The molecule has 0 atom stereocenters. The third kappa shape index (κ3) is 8.24. The van der Waals surface area contributed by atoms with Gasteiger partial charge in [0.05, 0.1) is 18.7 Å². The van der Waals surface area contributed by atoms with Gasteiger partial charge < -0.3 is 24.4 Å². The van der Waals surface area contributed by atoms with E-state index in [1.54, 1.807) is 36.1 Å². The van der Waals surface area contributed by atoms with Gasteiger partial charge in [-0.2, -0.15) is 0 Å². The summed E-state index contributed by atoms with van der Waals surface area (Å²) in [4.78, 5) is 41.5. The molecular weight excluding hydrogens is 432 g/mol. The molecule has 0 saturated carbocycles. The summed E-state index contributed by atoms with van der Waals surface area (Å²) in [6, 6.07) is 10.1. The van der Waals surface area contributed by atoms with E-state index in [1.807, 2.05) is 48.7 Å². The van der Waals surface area contributed by atoms with Gasteiger partial charge in [-0.1, -0.05) is 27.2 Å². The van der Waals surface area contributed by atoms with Gasteiger partial charge in [0.15, 0.2) is 0 Å². The highest BCUT2D eigenvalue weighted by Crippen LogP contribution is 2.13. The van der Waals surface area contributed by atoms with E-state index in [1.165, 1.54) is 0 Å². The van der Waals surface area contributed by atoms with Gasteiger partial charge in [-0.3, -0.25) is 4.79 Å². The number of urea groups is 1. The van der Waals surface area contributed by atoms with Crippen LogP contribution >= 0.6 is 0 Å². The van der Waals surface area contributed by atoms with Crippen LogP contribution in [0.1, 0.15) is 56.6 Å². The van der Waals surface area contributed by atoms with Crippen molar-refractivity contribution in [2.45, 2.75) is 47.1 Å². The summed E-state index contributed by atoms with van der Waals surface area (Å²) in [5.41, 5.74) is 2.01. The fourth-order valence-electron chi connectivity index (χ4n) is 3.53. The number of carbonyl (C=O) groups is 3. The zero-order valence-corrected chi connectivity index (χ0v) is 21.0. The van der Waals surface area contributed by atoms with Crippen molar-refractivity contribution in [1.82, 2.24) is 14.4 Å². The number of rotatable bonds is 12. The lowest BCUT2D eigenvalue weighted by atomic mass is 10.2. The Labute approximate surface area is 202 Å². The summed E-state index contributed by atoms with van der Waals surface area (Å²) in [6.45, 7) is 9.77. The summed E-state index contributed by atoms with van der Waals surface area (Å²) in [5.74, 6) is -0.289. The van der Waals surface area contributed by atoms with Crippen molar-refractivity contribution < 1.29 is 19.1 Å². The second-order valence-electron chi connectivity index (χ2n) is 8.78. The smallest absolute Gasteiger partial charge is 0.338 e. The van der Waals surface area contributed by atoms with Gasteiger partial charge in [-0.25, -0.2) is 9.59 Å². The van der Waals surface area contributed by atoms with Crippen molar-refractivity contribution >= 4 is 23.6 Å². The minimum atomic E-state index is -0.405. The number of nitrogens with one attached hydrogen (secondary N) is 1. The maximum atomic E-state index is 13.3. The molecule has 8 heteroatoms. The number of anilines is 1. The summed E-state index contributed by atoms with van der Waals surface area (Å²) in [5, 5.41) is 2.85. The standard InChI is InChI=1S/C26H38N4O4/c1-6-8-16-29(18-23-10-9-15-28(23)5)24(31)19-30(17-20(3)4)26(33)27-22-13-11-21(12-14-22)25(32)34-7-2/h9-15,20H,6-8,16-19H2,1-5H3,(H,27,33). The second-order valence-corrected chi connectivity index (χ2v) is 8.78. The predicted molar refractivity (Wildman–Crippen MR) is 134 cm³/mol. The average Bonchev–Trinajstić information content (AvgIpc) is 3.20. The molecule has 0 aliphatic carbocycles. The first-order valence-electron chi connectivity index (χ1n) is 12.0. The second kappa shape index (κ2) is 13.4. The first-order chi connectivity index (χ1) is 16.2. The van der Waals surface area contributed by atoms with Crippen LogP contribution in [-0.2, 0) is 23.1 Å². The number of nitrogens with zero attached hydrogens (tertiary/aromatic N) is 3. The molecule has 0 fully saturated rings. The molecule has 0 saturated heterocycles. The minimum Gasteiger partial charge on any atom is -0.462 e. The molecule has 0 unspecified atom stereocenters. The molecule has 0 bridgehead atoms. The highest BCUT2D eigenvalue weighted by molar-refractivity contribution is 5.94. The molecule has 0 aliphatic rings. The zero-order chi connectivity index (χ0) is 25.1. The summed E-state index contributed by atoms with van der Waals surface area (Å²) in [7, 11) is 1.96. The molecule has 8 nitrogen and oxygen atoms in total. The molecule has 3 amide bonds. The predicted octanol–water partition coefficient (Wildman–Crippen LogP) is 4.52. The van der Waals surface area contributed by atoms with Crippen molar-refractivity contribution in [2.75, 3.05) is 31.6 Å². The lowest BCUT2D eigenvalue weighted by Crippen LogP contribution is -2.46. The largest absolute Gasteiger partial charge is 0.462 e. The van der Waals surface area contributed by atoms with Crippen molar-refractivity contribution in [3.8, 4) is 0 Å². The molecule has 2 rings (SSSR count). The van der Waals surface area contributed by atoms with E-state index >= 15 is 0 Å². The lowest BCUT2D eigenvalue weighted by Gasteiger charge is -2.29. The molecule has 2 aromatic rings. The number of amides is 3. The quantitative estimate of drug-likeness (QED) is 0.462. The van der Waals surface area contributed by atoms with Gasteiger partial charge in [-0.05, 0) is 55.7 Å². The Morgan fingerprint density at radius 1 is 1.06 bits per heavy atom. The Hall–Kier alpha value is -3.29. The summed E-state index contributed by atoms with van der Waals surface area (Å²) < 4.78 is 7.00. The number of hydrogen-bond donors (Lipinski definition) is 1. The van der Waals surface area contributed by atoms with Gasteiger partial charge >= 0.3 is 12.0 Å². The molecule has 0 radical (unpaired) electrons. The van der Waals surface area contributed by atoms with E-state index in [0.717, 1.165) is 18.5 Å². The summed E-state index contributed by atoms with van der Waals surface area (Å²) in [6.07, 6.45) is 3.85. The summed E-state index contributed by atoms with van der Waals surface area (Å²) >= 11 is 0. The van der Waals surface area contributed by atoms with Gasteiger partial charge in [0.25, 0.3) is 0 Å². The van der Waals surface area contributed by atoms with Crippen LogP contribution in [0.2, 0.25) is 0 Å². The van der Waals surface area contributed by atoms with Gasteiger partial charge in [0, 0.05) is 37.7 Å². The highest BCUT2D eigenvalue weighted by atomic mass is 16.5. The molecule has 0 spiro atoms. The first-order valence-corrected chi connectivity index (χ1v) is 12.0. The molecular formula is C26H38N4O4. The molecule has 1 N–H and O–H groups in total. The minimum absolute atomic E-state index is 0.000933.